The molecule has 0 bridgehead atoms. The summed E-state index contributed by atoms with van der Waals surface area (Å²) in [5.74, 6) is 0.000201. The maximum atomic E-state index is 11.5. The molecule has 2 aliphatic rings. The smallest absolute Gasteiger partial charge is 0.314 e. The molecule has 17 heavy (non-hydrogen) atoms. The van der Waals surface area contributed by atoms with Gasteiger partial charge >= 0.3 is 5.97 Å². The third kappa shape index (κ3) is 1.45. The summed E-state index contributed by atoms with van der Waals surface area (Å²) < 4.78 is 5.59. The van der Waals surface area contributed by atoms with Gasteiger partial charge in [-0.25, -0.2) is 0 Å². The lowest BCUT2D eigenvalue weighted by atomic mass is 9.64. The minimum absolute atomic E-state index is 0.608. The minimum atomic E-state index is -0.765. The lowest BCUT2D eigenvalue weighted by Crippen LogP contribution is -2.42. The summed E-state index contributed by atoms with van der Waals surface area (Å²) in [7, 11) is 0. The van der Waals surface area contributed by atoms with Crippen molar-refractivity contribution in [3.8, 4) is 5.75 Å². The van der Waals surface area contributed by atoms with Crippen LogP contribution in [0.5, 0.6) is 5.75 Å². The van der Waals surface area contributed by atoms with Gasteiger partial charge in [0.15, 0.2) is 0 Å². The molecule has 4 heteroatoms. The van der Waals surface area contributed by atoms with E-state index in [-0.39, 0.29) is 0 Å². The van der Waals surface area contributed by atoms with Gasteiger partial charge < -0.3 is 9.84 Å². The molecule has 1 heterocycles. The Kier molecular flexibility index (Phi) is 2.33. The molecule has 0 radical (unpaired) electrons. The third-order valence-electron chi connectivity index (χ3n) is 3.88. The predicted octanol–water partition coefficient (Wildman–Crippen LogP) is 2.78. The molecule has 0 saturated heterocycles. The average Bonchev–Trinajstić information content (AvgIpc) is 2.62. The fraction of sp³-hybridized carbons (Fsp3) is 0.462. The van der Waals surface area contributed by atoms with Gasteiger partial charge in [-0.2, -0.15) is 0 Å². The number of ether oxygens (including phenoxy) is 1. The molecule has 1 aliphatic carbocycles. The fourth-order valence-corrected chi connectivity index (χ4v) is 2.99. The minimum Gasteiger partial charge on any atom is -0.493 e. The highest BCUT2D eigenvalue weighted by molar-refractivity contribution is 6.30. The highest BCUT2D eigenvalue weighted by Gasteiger charge is 2.48. The number of halogens is 1. The van der Waals surface area contributed by atoms with Crippen molar-refractivity contribution in [1.29, 1.82) is 0 Å². The zero-order valence-electron chi connectivity index (χ0n) is 9.33. The van der Waals surface area contributed by atoms with Gasteiger partial charge in [-0.05, 0) is 30.5 Å². The van der Waals surface area contributed by atoms with Gasteiger partial charge in [0.25, 0.3) is 0 Å². The molecule has 1 fully saturated rings. The van der Waals surface area contributed by atoms with E-state index in [9.17, 15) is 9.90 Å². The van der Waals surface area contributed by atoms with Crippen molar-refractivity contribution in [1.82, 2.24) is 0 Å². The maximum Gasteiger partial charge on any atom is 0.314 e. The molecular weight excluding hydrogens is 240 g/mol. The molecule has 1 aliphatic heterocycles. The Bertz CT molecular complexity index is 492. The summed E-state index contributed by atoms with van der Waals surface area (Å²) in [5.41, 5.74) is 1.05. The largest absolute Gasteiger partial charge is 0.493 e. The first-order valence-electron chi connectivity index (χ1n) is 5.82. The van der Waals surface area contributed by atoms with E-state index in [2.05, 4.69) is 0 Å². The first-order chi connectivity index (χ1) is 8.13. The standard InChI is InChI=1S/C13H13ClO3/c14-9-6-8-2-5-17-11(8)10(7-9)13(12(15)16)3-1-4-13/h6-7H,1-5H2,(H,15,16). The topological polar surface area (TPSA) is 46.5 Å². The number of fused-ring (bicyclic) bond motifs is 1. The van der Waals surface area contributed by atoms with Gasteiger partial charge in [0.1, 0.15) is 5.75 Å². The SMILES string of the molecule is O=C(O)C1(c2cc(Cl)cc3c2OCC3)CCC1. The second-order valence-electron chi connectivity index (χ2n) is 4.78. The summed E-state index contributed by atoms with van der Waals surface area (Å²) in [6.45, 7) is 0.623. The maximum absolute atomic E-state index is 11.5. The zero-order valence-corrected chi connectivity index (χ0v) is 10.1. The van der Waals surface area contributed by atoms with Gasteiger partial charge in [-0.15, -0.1) is 0 Å². The number of aliphatic carboxylic acids is 1. The Morgan fingerprint density at radius 2 is 2.18 bits per heavy atom. The normalized spacial score (nSPS) is 20.3. The van der Waals surface area contributed by atoms with Crippen LogP contribution in [0.25, 0.3) is 0 Å². The number of rotatable bonds is 2. The number of benzene rings is 1. The molecule has 0 amide bonds. The Morgan fingerprint density at radius 1 is 1.41 bits per heavy atom. The van der Waals surface area contributed by atoms with Gasteiger partial charge in [0, 0.05) is 17.0 Å². The molecule has 1 N–H and O–H groups in total. The van der Waals surface area contributed by atoms with Gasteiger partial charge in [-0.1, -0.05) is 18.0 Å². The highest BCUT2D eigenvalue weighted by Crippen LogP contribution is 2.50. The van der Waals surface area contributed by atoms with E-state index in [0.29, 0.717) is 24.5 Å². The van der Waals surface area contributed by atoms with Gasteiger partial charge in [-0.3, -0.25) is 4.79 Å². The van der Waals surface area contributed by atoms with Crippen LogP contribution in [0.15, 0.2) is 12.1 Å². The molecule has 3 rings (SSSR count). The monoisotopic (exact) mass is 252 g/mol. The second kappa shape index (κ2) is 3.64. The van der Waals surface area contributed by atoms with Crippen LogP contribution < -0.4 is 4.74 Å². The second-order valence-corrected chi connectivity index (χ2v) is 5.22. The third-order valence-corrected chi connectivity index (χ3v) is 4.10. The first-order valence-corrected chi connectivity index (χ1v) is 6.20. The lowest BCUT2D eigenvalue weighted by Gasteiger charge is -2.38. The molecule has 0 spiro atoms. The van der Waals surface area contributed by atoms with E-state index in [0.717, 1.165) is 29.7 Å². The molecular formula is C13H13ClO3. The summed E-state index contributed by atoms with van der Waals surface area (Å²) in [6, 6.07) is 3.64. The van der Waals surface area contributed by atoms with Crippen LogP contribution in [0.3, 0.4) is 0 Å². The van der Waals surface area contributed by atoms with Crippen molar-refractivity contribution in [2.24, 2.45) is 0 Å². The van der Waals surface area contributed by atoms with Crippen molar-refractivity contribution >= 4 is 17.6 Å². The van der Waals surface area contributed by atoms with Crippen LogP contribution in [-0.2, 0) is 16.6 Å². The molecule has 1 saturated carbocycles. The molecule has 0 unspecified atom stereocenters. The van der Waals surface area contributed by atoms with Crippen LogP contribution >= 0.6 is 11.6 Å². The van der Waals surface area contributed by atoms with Crippen LogP contribution in [0.1, 0.15) is 30.4 Å². The molecule has 0 atom stereocenters. The number of carboxylic acids is 1. The van der Waals surface area contributed by atoms with E-state index < -0.39 is 11.4 Å². The predicted molar refractivity (Wildman–Crippen MR) is 63.8 cm³/mol. The van der Waals surface area contributed by atoms with Crippen molar-refractivity contribution < 1.29 is 14.6 Å². The van der Waals surface area contributed by atoms with E-state index in [1.54, 1.807) is 6.07 Å². The molecule has 1 aromatic carbocycles. The summed E-state index contributed by atoms with van der Waals surface area (Å²) in [6.07, 6.45) is 3.13. The van der Waals surface area contributed by atoms with Crippen LogP contribution in [0.4, 0.5) is 0 Å². The van der Waals surface area contributed by atoms with E-state index in [1.807, 2.05) is 6.07 Å². The molecule has 0 aromatic heterocycles. The first kappa shape index (κ1) is 10.9. The van der Waals surface area contributed by atoms with Crippen LogP contribution in [0.2, 0.25) is 5.02 Å². The van der Waals surface area contributed by atoms with Crippen molar-refractivity contribution in [2.45, 2.75) is 31.1 Å². The van der Waals surface area contributed by atoms with Gasteiger partial charge in [0.2, 0.25) is 0 Å². The lowest BCUT2D eigenvalue weighted by molar-refractivity contribution is -0.147. The van der Waals surface area contributed by atoms with Crippen molar-refractivity contribution in [2.75, 3.05) is 6.61 Å². The van der Waals surface area contributed by atoms with Crippen LogP contribution in [-0.4, -0.2) is 17.7 Å². The summed E-state index contributed by atoms with van der Waals surface area (Å²) in [4.78, 5) is 11.5. The Balaban J connectivity index is 2.17. The summed E-state index contributed by atoms with van der Waals surface area (Å²) >= 11 is 6.07. The number of hydrogen-bond donors (Lipinski definition) is 1. The van der Waals surface area contributed by atoms with Crippen molar-refractivity contribution in [3.05, 3.63) is 28.3 Å². The average molecular weight is 253 g/mol. The van der Waals surface area contributed by atoms with E-state index in [4.69, 9.17) is 16.3 Å². The Morgan fingerprint density at radius 3 is 2.76 bits per heavy atom. The van der Waals surface area contributed by atoms with E-state index >= 15 is 0 Å². The number of carboxylic acid groups (broad SMARTS) is 1. The quantitative estimate of drug-likeness (QED) is 0.880. The van der Waals surface area contributed by atoms with Crippen LogP contribution in [0, 0.1) is 0 Å². The number of carbonyl (C=O) groups is 1. The molecule has 1 aromatic rings. The summed E-state index contributed by atoms with van der Waals surface area (Å²) in [5, 5.41) is 10.1. The van der Waals surface area contributed by atoms with Gasteiger partial charge in [0.05, 0.1) is 12.0 Å². The van der Waals surface area contributed by atoms with E-state index in [1.165, 1.54) is 0 Å². The molecule has 90 valence electrons. The Labute approximate surface area is 104 Å². The van der Waals surface area contributed by atoms with Crippen molar-refractivity contribution in [3.63, 3.8) is 0 Å². The molecule has 3 nitrogen and oxygen atoms in total. The Hall–Kier alpha value is -1.22. The fourth-order valence-electron chi connectivity index (χ4n) is 2.75. The zero-order chi connectivity index (χ0) is 12.0. The number of hydrogen-bond acceptors (Lipinski definition) is 2. The highest BCUT2D eigenvalue weighted by atomic mass is 35.5.